The first-order chi connectivity index (χ1) is 7.38. The zero-order valence-corrected chi connectivity index (χ0v) is 8.08. The van der Waals surface area contributed by atoms with Crippen LogP contribution < -0.4 is 4.74 Å². The summed E-state index contributed by atoms with van der Waals surface area (Å²) in [7, 11) is 1.63. The molecule has 0 aliphatic carbocycles. The molecule has 2 aromatic heterocycles. The maximum absolute atomic E-state index is 5.12. The Labute approximate surface area is 85.3 Å². The van der Waals surface area contributed by atoms with Crippen molar-refractivity contribution in [2.75, 3.05) is 7.11 Å². The molecule has 5 heteroatoms. The van der Waals surface area contributed by atoms with Crippen LogP contribution in [0.4, 0.5) is 0 Å². The van der Waals surface area contributed by atoms with E-state index in [0.29, 0.717) is 0 Å². The highest BCUT2D eigenvalue weighted by Gasteiger charge is 2.03. The molecule has 0 radical (unpaired) electrons. The predicted octanol–water partition coefficient (Wildman–Crippen LogP) is 1.29. The summed E-state index contributed by atoms with van der Waals surface area (Å²) in [6.45, 7) is 0. The van der Waals surface area contributed by atoms with E-state index < -0.39 is 0 Å². The fraction of sp³-hybridized carbons (Fsp3) is 0.100. The van der Waals surface area contributed by atoms with Crippen LogP contribution in [-0.4, -0.2) is 26.9 Å². The molecular weight excluding hydrogens is 192 g/mol. The Morgan fingerprint density at radius 2 is 2.13 bits per heavy atom. The lowest BCUT2D eigenvalue weighted by Crippen LogP contribution is -1.96. The molecule has 0 aliphatic rings. The lowest BCUT2D eigenvalue weighted by Gasteiger charge is -2.02. The fourth-order valence-electron chi connectivity index (χ4n) is 1.55. The van der Waals surface area contributed by atoms with Crippen molar-refractivity contribution in [3.8, 4) is 5.75 Å². The number of benzene rings is 1. The van der Waals surface area contributed by atoms with Crippen molar-refractivity contribution in [2.45, 2.75) is 0 Å². The summed E-state index contributed by atoms with van der Waals surface area (Å²) in [4.78, 5) is 0. The minimum atomic E-state index is 0.743. The van der Waals surface area contributed by atoms with Gasteiger partial charge in [-0.15, -0.1) is 10.2 Å². The SMILES string of the molecule is COc1ccc2c(c1)nnc1ccnn12. The summed E-state index contributed by atoms with van der Waals surface area (Å²) in [6.07, 6.45) is 1.70. The number of methoxy groups -OCH3 is 1. The second-order valence-corrected chi connectivity index (χ2v) is 3.16. The van der Waals surface area contributed by atoms with Gasteiger partial charge in [0.1, 0.15) is 11.3 Å². The second kappa shape index (κ2) is 2.91. The van der Waals surface area contributed by atoms with E-state index in [9.17, 15) is 0 Å². The summed E-state index contributed by atoms with van der Waals surface area (Å²) in [5.74, 6) is 0.767. The maximum atomic E-state index is 5.12. The van der Waals surface area contributed by atoms with Gasteiger partial charge in [-0.1, -0.05) is 0 Å². The molecule has 0 saturated carbocycles. The van der Waals surface area contributed by atoms with Gasteiger partial charge in [0.05, 0.1) is 18.8 Å². The summed E-state index contributed by atoms with van der Waals surface area (Å²) in [5, 5.41) is 12.3. The minimum Gasteiger partial charge on any atom is -0.497 e. The van der Waals surface area contributed by atoms with Crippen molar-refractivity contribution >= 4 is 16.7 Å². The van der Waals surface area contributed by atoms with E-state index in [1.165, 1.54) is 0 Å². The van der Waals surface area contributed by atoms with Crippen LogP contribution in [0.15, 0.2) is 30.5 Å². The molecule has 5 nitrogen and oxygen atoms in total. The zero-order chi connectivity index (χ0) is 10.3. The number of fused-ring (bicyclic) bond motifs is 3. The van der Waals surface area contributed by atoms with E-state index in [1.54, 1.807) is 17.8 Å². The first-order valence-corrected chi connectivity index (χ1v) is 4.53. The average Bonchev–Trinajstić information content (AvgIpc) is 2.76. The van der Waals surface area contributed by atoms with Gasteiger partial charge in [0, 0.05) is 12.1 Å². The van der Waals surface area contributed by atoms with E-state index in [-0.39, 0.29) is 0 Å². The van der Waals surface area contributed by atoms with Crippen LogP contribution in [0, 0.1) is 0 Å². The lowest BCUT2D eigenvalue weighted by molar-refractivity contribution is 0.415. The number of rotatable bonds is 1. The topological polar surface area (TPSA) is 52.3 Å². The Balaban J connectivity index is 2.44. The molecule has 0 unspecified atom stereocenters. The zero-order valence-electron chi connectivity index (χ0n) is 8.08. The number of aromatic nitrogens is 4. The van der Waals surface area contributed by atoms with Crippen molar-refractivity contribution in [3.05, 3.63) is 30.5 Å². The van der Waals surface area contributed by atoms with Gasteiger partial charge in [-0.2, -0.15) is 5.10 Å². The third-order valence-electron chi connectivity index (χ3n) is 2.29. The van der Waals surface area contributed by atoms with E-state index >= 15 is 0 Å². The van der Waals surface area contributed by atoms with Crippen LogP contribution in [0.3, 0.4) is 0 Å². The van der Waals surface area contributed by atoms with Gasteiger partial charge in [-0.25, -0.2) is 4.52 Å². The molecule has 0 spiro atoms. The molecule has 3 aromatic rings. The molecule has 2 heterocycles. The first kappa shape index (κ1) is 8.16. The molecule has 0 N–H and O–H groups in total. The summed E-state index contributed by atoms with van der Waals surface area (Å²) >= 11 is 0. The molecular formula is C10H8N4O. The lowest BCUT2D eigenvalue weighted by atomic mass is 10.3. The molecule has 0 fully saturated rings. The highest BCUT2D eigenvalue weighted by Crippen LogP contribution is 2.18. The van der Waals surface area contributed by atoms with E-state index in [2.05, 4.69) is 15.3 Å². The van der Waals surface area contributed by atoms with Crippen LogP contribution in [0.5, 0.6) is 5.75 Å². The average molecular weight is 200 g/mol. The van der Waals surface area contributed by atoms with Crippen LogP contribution >= 0.6 is 0 Å². The van der Waals surface area contributed by atoms with Gasteiger partial charge in [0.15, 0.2) is 5.65 Å². The van der Waals surface area contributed by atoms with Crippen LogP contribution in [0.25, 0.3) is 16.7 Å². The molecule has 0 atom stereocenters. The molecule has 0 saturated heterocycles. The normalized spacial score (nSPS) is 11.0. The van der Waals surface area contributed by atoms with Gasteiger partial charge in [-0.3, -0.25) is 0 Å². The number of nitrogens with zero attached hydrogens (tertiary/aromatic N) is 4. The van der Waals surface area contributed by atoms with Crippen LogP contribution in [0.2, 0.25) is 0 Å². The molecule has 0 amide bonds. The van der Waals surface area contributed by atoms with E-state index in [4.69, 9.17) is 4.74 Å². The van der Waals surface area contributed by atoms with Gasteiger partial charge in [-0.05, 0) is 12.1 Å². The first-order valence-electron chi connectivity index (χ1n) is 4.53. The van der Waals surface area contributed by atoms with Crippen molar-refractivity contribution in [2.24, 2.45) is 0 Å². The smallest absolute Gasteiger partial charge is 0.177 e. The molecule has 1 aromatic carbocycles. The third kappa shape index (κ3) is 1.13. The largest absolute Gasteiger partial charge is 0.497 e. The monoisotopic (exact) mass is 200 g/mol. The highest BCUT2D eigenvalue weighted by molar-refractivity contribution is 5.77. The number of hydrogen-bond acceptors (Lipinski definition) is 4. The van der Waals surface area contributed by atoms with Crippen molar-refractivity contribution in [1.82, 2.24) is 19.8 Å². The second-order valence-electron chi connectivity index (χ2n) is 3.16. The summed E-state index contributed by atoms with van der Waals surface area (Å²) in [6, 6.07) is 7.45. The molecule has 0 aliphatic heterocycles. The quantitative estimate of drug-likeness (QED) is 0.593. The Morgan fingerprint density at radius 1 is 1.20 bits per heavy atom. The van der Waals surface area contributed by atoms with E-state index in [0.717, 1.165) is 22.4 Å². The Morgan fingerprint density at radius 3 is 3.00 bits per heavy atom. The van der Waals surface area contributed by atoms with Gasteiger partial charge in [0.2, 0.25) is 0 Å². The van der Waals surface area contributed by atoms with Crippen LogP contribution in [0.1, 0.15) is 0 Å². The Bertz CT molecular complexity index is 631. The molecule has 15 heavy (non-hydrogen) atoms. The summed E-state index contributed by atoms with van der Waals surface area (Å²) < 4.78 is 6.87. The van der Waals surface area contributed by atoms with Gasteiger partial charge in [0.25, 0.3) is 0 Å². The van der Waals surface area contributed by atoms with Crippen molar-refractivity contribution in [1.29, 1.82) is 0 Å². The predicted molar refractivity (Wildman–Crippen MR) is 54.8 cm³/mol. The fourth-order valence-corrected chi connectivity index (χ4v) is 1.55. The highest BCUT2D eigenvalue weighted by atomic mass is 16.5. The Kier molecular flexibility index (Phi) is 1.58. The standard InChI is InChI=1S/C10H8N4O/c1-15-7-2-3-9-8(6-7)12-13-10-4-5-11-14(9)10/h2-6H,1H3. The maximum Gasteiger partial charge on any atom is 0.177 e. The van der Waals surface area contributed by atoms with Crippen LogP contribution in [-0.2, 0) is 0 Å². The minimum absolute atomic E-state index is 0.743. The van der Waals surface area contributed by atoms with Crippen molar-refractivity contribution < 1.29 is 4.74 Å². The Hall–Kier alpha value is -2.17. The molecule has 74 valence electrons. The molecule has 0 bridgehead atoms. The number of ether oxygens (including phenoxy) is 1. The van der Waals surface area contributed by atoms with Gasteiger partial charge >= 0.3 is 0 Å². The van der Waals surface area contributed by atoms with E-state index in [1.807, 2.05) is 24.3 Å². The third-order valence-corrected chi connectivity index (χ3v) is 2.29. The number of hydrogen-bond donors (Lipinski definition) is 0. The molecule has 3 rings (SSSR count). The van der Waals surface area contributed by atoms with Gasteiger partial charge < -0.3 is 4.74 Å². The van der Waals surface area contributed by atoms with Crippen molar-refractivity contribution in [3.63, 3.8) is 0 Å². The summed E-state index contributed by atoms with van der Waals surface area (Å²) in [5.41, 5.74) is 2.43.